The first kappa shape index (κ1) is 16.1. The number of amides is 2. The molecule has 1 aliphatic heterocycles. The van der Waals surface area contributed by atoms with Gasteiger partial charge in [-0.3, -0.25) is 9.59 Å². The third-order valence-corrected chi connectivity index (χ3v) is 5.27. The van der Waals surface area contributed by atoms with E-state index in [1.165, 1.54) is 12.8 Å². The molecule has 1 unspecified atom stereocenters. The summed E-state index contributed by atoms with van der Waals surface area (Å²) in [6.07, 6.45) is 5.43. The average Bonchev–Trinajstić information content (AvgIpc) is 3.33. The lowest BCUT2D eigenvalue weighted by molar-refractivity contribution is -0.130. The Balaban J connectivity index is 1.28. The second-order valence-electron chi connectivity index (χ2n) is 7.00. The van der Waals surface area contributed by atoms with Crippen molar-refractivity contribution in [1.29, 1.82) is 0 Å². The SMILES string of the molecule is O=C(NCCc1nc2ccccc2o1)C1CC(=O)N(C2CCCC2)C1. The van der Waals surface area contributed by atoms with Gasteiger partial charge in [0.2, 0.25) is 11.8 Å². The maximum absolute atomic E-state index is 12.4. The molecule has 1 saturated heterocycles. The molecule has 1 aliphatic carbocycles. The molecule has 1 aromatic heterocycles. The van der Waals surface area contributed by atoms with Gasteiger partial charge in [0.1, 0.15) is 5.52 Å². The minimum atomic E-state index is -0.225. The van der Waals surface area contributed by atoms with Crippen LogP contribution in [0.4, 0.5) is 0 Å². The van der Waals surface area contributed by atoms with Crippen LogP contribution in [-0.2, 0) is 16.0 Å². The summed E-state index contributed by atoms with van der Waals surface area (Å²) in [7, 11) is 0. The summed E-state index contributed by atoms with van der Waals surface area (Å²) in [5, 5.41) is 2.93. The molecule has 0 bridgehead atoms. The molecule has 6 nitrogen and oxygen atoms in total. The van der Waals surface area contributed by atoms with Crippen molar-refractivity contribution in [2.75, 3.05) is 13.1 Å². The zero-order valence-corrected chi connectivity index (χ0v) is 14.2. The molecule has 1 aromatic carbocycles. The maximum atomic E-state index is 12.4. The maximum Gasteiger partial charge on any atom is 0.225 e. The smallest absolute Gasteiger partial charge is 0.225 e. The Bertz CT molecular complexity index is 746. The van der Waals surface area contributed by atoms with Gasteiger partial charge in [-0.15, -0.1) is 0 Å². The van der Waals surface area contributed by atoms with E-state index >= 15 is 0 Å². The van der Waals surface area contributed by atoms with Crippen molar-refractivity contribution in [2.24, 2.45) is 5.92 Å². The Morgan fingerprint density at radius 2 is 2.08 bits per heavy atom. The number of oxazole rings is 1. The minimum absolute atomic E-state index is 0.0371. The van der Waals surface area contributed by atoms with Gasteiger partial charge >= 0.3 is 0 Å². The standard InChI is InChI=1S/C19H23N3O3/c23-18-11-13(12-22(18)14-5-1-2-6-14)19(24)20-10-9-17-21-15-7-3-4-8-16(15)25-17/h3-4,7-8,13-14H,1-2,5-6,9-12H2,(H,20,24). The monoisotopic (exact) mass is 341 g/mol. The van der Waals surface area contributed by atoms with Gasteiger partial charge in [-0.25, -0.2) is 4.98 Å². The lowest BCUT2D eigenvalue weighted by Gasteiger charge is -2.23. The number of nitrogens with zero attached hydrogens (tertiary/aromatic N) is 2. The van der Waals surface area contributed by atoms with E-state index in [9.17, 15) is 9.59 Å². The Labute approximate surface area is 146 Å². The van der Waals surface area contributed by atoms with Gasteiger partial charge in [-0.1, -0.05) is 25.0 Å². The molecule has 0 spiro atoms. The lowest BCUT2D eigenvalue weighted by atomic mass is 10.1. The zero-order valence-electron chi connectivity index (χ0n) is 14.2. The van der Waals surface area contributed by atoms with Gasteiger partial charge in [0.25, 0.3) is 0 Å². The quantitative estimate of drug-likeness (QED) is 0.905. The van der Waals surface area contributed by atoms with Crippen LogP contribution in [0.2, 0.25) is 0 Å². The van der Waals surface area contributed by atoms with Gasteiger partial charge in [-0.05, 0) is 25.0 Å². The fraction of sp³-hybridized carbons (Fsp3) is 0.526. The summed E-state index contributed by atoms with van der Waals surface area (Å²) < 4.78 is 5.65. The molecule has 1 atom stereocenters. The van der Waals surface area contributed by atoms with Crippen molar-refractivity contribution >= 4 is 22.9 Å². The van der Waals surface area contributed by atoms with Gasteiger partial charge in [0, 0.05) is 32.0 Å². The number of rotatable bonds is 5. The summed E-state index contributed by atoms with van der Waals surface area (Å²) in [5.74, 6) is 0.490. The molecular formula is C19H23N3O3. The number of aromatic nitrogens is 1. The largest absolute Gasteiger partial charge is 0.441 e. The lowest BCUT2D eigenvalue weighted by Crippen LogP contribution is -2.37. The van der Waals surface area contributed by atoms with E-state index in [0.29, 0.717) is 37.9 Å². The van der Waals surface area contributed by atoms with Crippen LogP contribution in [-0.4, -0.2) is 40.8 Å². The molecule has 25 heavy (non-hydrogen) atoms. The highest BCUT2D eigenvalue weighted by molar-refractivity contribution is 5.89. The number of para-hydroxylation sites is 2. The van der Waals surface area contributed by atoms with E-state index in [0.717, 1.165) is 23.9 Å². The second kappa shape index (κ2) is 6.86. The highest BCUT2D eigenvalue weighted by atomic mass is 16.3. The van der Waals surface area contributed by atoms with Crippen LogP contribution in [0.1, 0.15) is 38.0 Å². The van der Waals surface area contributed by atoms with E-state index in [-0.39, 0.29) is 17.7 Å². The molecule has 6 heteroatoms. The van der Waals surface area contributed by atoms with E-state index in [2.05, 4.69) is 10.3 Å². The number of carbonyl (C=O) groups excluding carboxylic acids is 2. The van der Waals surface area contributed by atoms with Gasteiger partial charge in [0.05, 0.1) is 5.92 Å². The van der Waals surface area contributed by atoms with Crippen LogP contribution < -0.4 is 5.32 Å². The van der Waals surface area contributed by atoms with E-state index in [4.69, 9.17) is 4.42 Å². The van der Waals surface area contributed by atoms with Crippen molar-refractivity contribution in [1.82, 2.24) is 15.2 Å². The molecular weight excluding hydrogens is 318 g/mol. The van der Waals surface area contributed by atoms with Crippen LogP contribution in [0.5, 0.6) is 0 Å². The molecule has 2 aliphatic rings. The van der Waals surface area contributed by atoms with Gasteiger partial charge < -0.3 is 14.6 Å². The number of hydrogen-bond acceptors (Lipinski definition) is 4. The third kappa shape index (κ3) is 3.38. The van der Waals surface area contributed by atoms with Crippen LogP contribution in [0, 0.1) is 5.92 Å². The fourth-order valence-corrected chi connectivity index (χ4v) is 3.94. The number of nitrogens with one attached hydrogen (secondary N) is 1. The van der Waals surface area contributed by atoms with Crippen molar-refractivity contribution in [2.45, 2.75) is 44.6 Å². The number of benzene rings is 1. The summed E-state index contributed by atoms with van der Waals surface area (Å²) in [4.78, 5) is 30.9. The number of fused-ring (bicyclic) bond motifs is 1. The van der Waals surface area contributed by atoms with E-state index in [1.807, 2.05) is 29.2 Å². The van der Waals surface area contributed by atoms with Gasteiger partial charge in [-0.2, -0.15) is 0 Å². The highest BCUT2D eigenvalue weighted by Crippen LogP contribution is 2.29. The molecule has 2 aromatic rings. The van der Waals surface area contributed by atoms with Crippen LogP contribution in [0.3, 0.4) is 0 Å². The molecule has 1 saturated carbocycles. The Hall–Kier alpha value is -2.37. The van der Waals surface area contributed by atoms with Crippen molar-refractivity contribution in [3.05, 3.63) is 30.2 Å². The van der Waals surface area contributed by atoms with Crippen LogP contribution in [0.25, 0.3) is 11.1 Å². The molecule has 1 N–H and O–H groups in total. The van der Waals surface area contributed by atoms with Gasteiger partial charge in [0.15, 0.2) is 11.5 Å². The summed E-state index contributed by atoms with van der Waals surface area (Å²) >= 11 is 0. The predicted octanol–water partition coefficient (Wildman–Crippen LogP) is 2.28. The summed E-state index contributed by atoms with van der Waals surface area (Å²) in [6, 6.07) is 7.97. The number of hydrogen-bond donors (Lipinski definition) is 1. The highest BCUT2D eigenvalue weighted by Gasteiger charge is 2.38. The van der Waals surface area contributed by atoms with E-state index < -0.39 is 0 Å². The van der Waals surface area contributed by atoms with Crippen LogP contribution >= 0.6 is 0 Å². The molecule has 4 rings (SSSR count). The van der Waals surface area contributed by atoms with E-state index in [1.54, 1.807) is 0 Å². The Morgan fingerprint density at radius 3 is 2.88 bits per heavy atom. The predicted molar refractivity (Wildman–Crippen MR) is 92.8 cm³/mol. The third-order valence-electron chi connectivity index (χ3n) is 5.27. The normalized spacial score (nSPS) is 21.4. The minimum Gasteiger partial charge on any atom is -0.441 e. The summed E-state index contributed by atoms with van der Waals surface area (Å²) in [5.41, 5.74) is 1.59. The average molecular weight is 341 g/mol. The fourth-order valence-electron chi connectivity index (χ4n) is 3.94. The van der Waals surface area contributed by atoms with Crippen molar-refractivity contribution in [3.8, 4) is 0 Å². The topological polar surface area (TPSA) is 75.4 Å². The zero-order chi connectivity index (χ0) is 17.2. The molecule has 0 radical (unpaired) electrons. The first-order valence-corrected chi connectivity index (χ1v) is 9.12. The van der Waals surface area contributed by atoms with Crippen molar-refractivity contribution in [3.63, 3.8) is 0 Å². The Morgan fingerprint density at radius 1 is 1.28 bits per heavy atom. The molecule has 2 fully saturated rings. The number of carbonyl (C=O) groups is 2. The second-order valence-corrected chi connectivity index (χ2v) is 7.00. The van der Waals surface area contributed by atoms with Crippen LogP contribution in [0.15, 0.2) is 28.7 Å². The number of likely N-dealkylation sites (tertiary alicyclic amines) is 1. The first-order chi connectivity index (χ1) is 12.2. The molecule has 132 valence electrons. The molecule has 2 heterocycles. The Kier molecular flexibility index (Phi) is 4.42. The summed E-state index contributed by atoms with van der Waals surface area (Å²) in [6.45, 7) is 1.04. The van der Waals surface area contributed by atoms with Crippen molar-refractivity contribution < 1.29 is 14.0 Å². The molecule has 2 amide bonds. The first-order valence-electron chi connectivity index (χ1n) is 9.12.